The van der Waals surface area contributed by atoms with Gasteiger partial charge in [-0.25, -0.2) is 4.68 Å². The Kier molecular flexibility index (Phi) is 6.94. The fraction of sp³-hybridized carbons (Fsp3) is 0.273. The summed E-state index contributed by atoms with van der Waals surface area (Å²) in [5.74, 6) is -1.17. The number of carbonyl (C=O) groups is 4. The molecule has 0 bridgehead atoms. The largest absolute Gasteiger partial charge is 0.488 e. The molecule has 13 heteroatoms. The zero-order chi connectivity index (χ0) is 31.5. The van der Waals surface area contributed by atoms with E-state index in [9.17, 15) is 19.2 Å². The van der Waals surface area contributed by atoms with Gasteiger partial charge in [0.15, 0.2) is 0 Å². The summed E-state index contributed by atoms with van der Waals surface area (Å²) < 4.78 is 8.96. The van der Waals surface area contributed by atoms with Gasteiger partial charge in [0.2, 0.25) is 11.8 Å². The van der Waals surface area contributed by atoms with Crippen LogP contribution in [0.1, 0.15) is 33.6 Å². The van der Waals surface area contributed by atoms with Crippen LogP contribution in [0.5, 0.6) is 5.75 Å². The van der Waals surface area contributed by atoms with E-state index >= 15 is 0 Å². The first-order valence-electron chi connectivity index (χ1n) is 15.1. The number of anilines is 1. The third kappa shape index (κ3) is 4.95. The second-order valence-corrected chi connectivity index (χ2v) is 12.8. The zero-order valence-electron chi connectivity index (χ0n) is 24.5. The van der Waals surface area contributed by atoms with Crippen LogP contribution in [0.3, 0.4) is 0 Å². The van der Waals surface area contributed by atoms with Gasteiger partial charge in [-0.1, -0.05) is 0 Å². The number of nitrogens with one attached hydrogen (secondary N) is 1. The number of ether oxygens (including phenoxy) is 1. The van der Waals surface area contributed by atoms with Crippen LogP contribution in [0.4, 0.5) is 5.69 Å². The van der Waals surface area contributed by atoms with Crippen molar-refractivity contribution in [2.75, 3.05) is 31.1 Å². The highest BCUT2D eigenvalue weighted by molar-refractivity contribution is 9.10. The van der Waals surface area contributed by atoms with E-state index in [1.807, 2.05) is 53.3 Å². The van der Waals surface area contributed by atoms with Crippen molar-refractivity contribution < 1.29 is 23.9 Å². The fourth-order valence-corrected chi connectivity index (χ4v) is 6.96. The van der Waals surface area contributed by atoms with Crippen LogP contribution in [0, 0.1) is 0 Å². The van der Waals surface area contributed by atoms with Gasteiger partial charge in [-0.2, -0.15) is 5.10 Å². The summed E-state index contributed by atoms with van der Waals surface area (Å²) in [7, 11) is 0. The number of amides is 4. The first-order valence-corrected chi connectivity index (χ1v) is 15.9. The van der Waals surface area contributed by atoms with Gasteiger partial charge in [0.1, 0.15) is 23.6 Å². The summed E-state index contributed by atoms with van der Waals surface area (Å²) in [6.45, 7) is 3.28. The molecular weight excluding hydrogens is 654 g/mol. The monoisotopic (exact) mass is 681 g/mol. The summed E-state index contributed by atoms with van der Waals surface area (Å²) >= 11 is 3.61. The maximum absolute atomic E-state index is 13.2. The number of carbonyl (C=O) groups excluding carboxylic acids is 4. The molecule has 1 N–H and O–H groups in total. The van der Waals surface area contributed by atoms with Crippen LogP contribution >= 0.6 is 15.9 Å². The molecule has 1 atom stereocenters. The van der Waals surface area contributed by atoms with Crippen LogP contribution in [0.15, 0.2) is 77.7 Å². The Balaban J connectivity index is 0.837. The summed E-state index contributed by atoms with van der Waals surface area (Å²) in [5, 5.41) is 6.95. The van der Waals surface area contributed by atoms with Crippen molar-refractivity contribution in [3.8, 4) is 22.7 Å². The van der Waals surface area contributed by atoms with Gasteiger partial charge in [0.25, 0.3) is 11.8 Å². The Morgan fingerprint density at radius 1 is 0.848 bits per heavy atom. The first kappa shape index (κ1) is 28.6. The maximum atomic E-state index is 13.2. The highest BCUT2D eigenvalue weighted by atomic mass is 79.9. The zero-order valence-corrected chi connectivity index (χ0v) is 26.1. The number of benzene rings is 2. The molecule has 0 saturated carbocycles. The SMILES string of the molecule is O=C1CCC(N2C(=O)c3ccc(N4CC(N5CC(Oc6ccc(-n7cc(Br)c(-c8ccncc8)n7)cc6)C5)C4)cc3C2=O)C(=O)N1. The molecule has 1 unspecified atom stereocenters. The number of nitrogens with zero attached hydrogens (tertiary/aromatic N) is 6. The molecule has 0 radical (unpaired) electrons. The molecule has 2 aromatic carbocycles. The van der Waals surface area contributed by atoms with Gasteiger partial charge in [0, 0.05) is 68.5 Å². The molecule has 2 aromatic heterocycles. The normalized spacial score (nSPS) is 20.4. The molecule has 3 saturated heterocycles. The van der Waals surface area contributed by atoms with Crippen LogP contribution in [0.2, 0.25) is 0 Å². The molecular formula is C33H28BrN7O5. The molecule has 46 heavy (non-hydrogen) atoms. The number of hydrogen-bond donors (Lipinski definition) is 1. The smallest absolute Gasteiger partial charge is 0.262 e. The fourth-order valence-electron chi connectivity index (χ4n) is 6.46. The molecule has 232 valence electrons. The van der Waals surface area contributed by atoms with E-state index < -0.39 is 29.7 Å². The summed E-state index contributed by atoms with van der Waals surface area (Å²) in [6, 6.07) is 16.4. The standard InChI is InChI=1S/C33H28BrN7O5/c34-27-18-40(37-30(27)19-9-11-35-12-10-19)20-1-4-23(5-2-20)46-24-16-39(17-24)22-14-38(15-22)21-3-6-25-26(13-21)33(45)41(32(25)44)28-7-8-29(42)36-31(28)43/h1-6,9-13,18,22,24,28H,7-8,14-17H2,(H,36,42,43). The number of pyridine rings is 1. The van der Waals surface area contributed by atoms with Gasteiger partial charge in [-0.05, 0) is 76.9 Å². The number of fused-ring (bicyclic) bond motifs is 1. The summed E-state index contributed by atoms with van der Waals surface area (Å²) in [5.41, 5.74) is 4.23. The van der Waals surface area contributed by atoms with Crippen LogP contribution < -0.4 is 15.0 Å². The van der Waals surface area contributed by atoms with Crippen molar-refractivity contribution >= 4 is 45.2 Å². The number of halogens is 1. The van der Waals surface area contributed by atoms with Crippen molar-refractivity contribution in [3.05, 3.63) is 88.8 Å². The van der Waals surface area contributed by atoms with Gasteiger partial charge >= 0.3 is 0 Å². The summed E-state index contributed by atoms with van der Waals surface area (Å²) in [6.07, 6.45) is 5.78. The van der Waals surface area contributed by atoms with E-state index in [2.05, 4.69) is 36.0 Å². The number of aromatic nitrogens is 3. The van der Waals surface area contributed by atoms with Gasteiger partial charge in [-0.3, -0.25) is 39.3 Å². The van der Waals surface area contributed by atoms with Crippen molar-refractivity contribution in [1.29, 1.82) is 0 Å². The van der Waals surface area contributed by atoms with Crippen molar-refractivity contribution in [1.82, 2.24) is 29.9 Å². The summed E-state index contributed by atoms with van der Waals surface area (Å²) in [4.78, 5) is 59.7. The Hall–Kier alpha value is -4.88. The van der Waals surface area contributed by atoms with E-state index in [-0.39, 0.29) is 18.9 Å². The topological polar surface area (TPSA) is 130 Å². The minimum absolute atomic E-state index is 0.0953. The number of piperidine rings is 1. The average molecular weight is 683 g/mol. The highest BCUT2D eigenvalue weighted by Crippen LogP contribution is 2.34. The lowest BCUT2D eigenvalue weighted by Gasteiger charge is -2.52. The lowest BCUT2D eigenvalue weighted by Crippen LogP contribution is -2.67. The molecule has 8 rings (SSSR count). The van der Waals surface area contributed by atoms with E-state index in [0.717, 1.165) is 63.9 Å². The minimum atomic E-state index is -0.966. The quantitative estimate of drug-likeness (QED) is 0.293. The molecule has 4 aromatic rings. The predicted molar refractivity (Wildman–Crippen MR) is 170 cm³/mol. The third-order valence-electron chi connectivity index (χ3n) is 9.07. The Bertz CT molecular complexity index is 1880. The van der Waals surface area contributed by atoms with Crippen LogP contribution in [-0.4, -0.2) is 92.6 Å². The second-order valence-electron chi connectivity index (χ2n) is 11.9. The van der Waals surface area contributed by atoms with E-state index in [0.29, 0.717) is 17.2 Å². The third-order valence-corrected chi connectivity index (χ3v) is 9.65. The van der Waals surface area contributed by atoms with Gasteiger partial charge in [0.05, 0.1) is 21.3 Å². The molecule has 0 aliphatic carbocycles. The molecule has 3 fully saturated rings. The molecule has 0 spiro atoms. The van der Waals surface area contributed by atoms with Crippen molar-refractivity contribution in [2.45, 2.75) is 31.0 Å². The molecule has 12 nitrogen and oxygen atoms in total. The Morgan fingerprint density at radius 3 is 2.30 bits per heavy atom. The van der Waals surface area contributed by atoms with E-state index in [1.165, 1.54) is 0 Å². The van der Waals surface area contributed by atoms with Crippen LogP contribution in [-0.2, 0) is 9.59 Å². The molecule has 4 aliphatic heterocycles. The number of imide groups is 2. The maximum Gasteiger partial charge on any atom is 0.262 e. The molecule has 4 aliphatic rings. The lowest BCUT2D eigenvalue weighted by molar-refractivity contribution is -0.136. The van der Waals surface area contributed by atoms with Crippen molar-refractivity contribution in [3.63, 3.8) is 0 Å². The minimum Gasteiger partial charge on any atom is -0.488 e. The van der Waals surface area contributed by atoms with Crippen molar-refractivity contribution in [2.24, 2.45) is 0 Å². The Labute approximate surface area is 272 Å². The van der Waals surface area contributed by atoms with E-state index in [4.69, 9.17) is 9.84 Å². The number of rotatable bonds is 7. The predicted octanol–water partition coefficient (Wildman–Crippen LogP) is 3.05. The molecule has 6 heterocycles. The highest BCUT2D eigenvalue weighted by Gasteiger charge is 2.45. The number of hydrogen-bond acceptors (Lipinski definition) is 9. The first-order chi connectivity index (χ1) is 22.3. The van der Waals surface area contributed by atoms with Gasteiger partial charge < -0.3 is 9.64 Å². The molecule has 4 amide bonds. The second kappa shape index (κ2) is 11.2. The average Bonchev–Trinajstić information content (AvgIpc) is 3.52. The van der Waals surface area contributed by atoms with Gasteiger partial charge in [-0.15, -0.1) is 0 Å². The van der Waals surface area contributed by atoms with Crippen LogP contribution in [0.25, 0.3) is 16.9 Å². The Morgan fingerprint density at radius 2 is 1.57 bits per heavy atom. The lowest BCUT2D eigenvalue weighted by atomic mass is 9.99. The van der Waals surface area contributed by atoms with E-state index in [1.54, 1.807) is 24.5 Å². The number of likely N-dealkylation sites (tertiary alicyclic amines) is 1.